The first-order valence-corrected chi connectivity index (χ1v) is 10.1. The molecule has 0 aliphatic rings. The van der Waals surface area contributed by atoms with E-state index in [0.717, 1.165) is 12.8 Å². The van der Waals surface area contributed by atoms with Crippen LogP contribution >= 0.6 is 0 Å². The second-order valence-electron chi connectivity index (χ2n) is 5.31. The minimum absolute atomic E-state index is 1.09. The lowest BCUT2D eigenvalue weighted by atomic mass is 10.1. The van der Waals surface area contributed by atoms with E-state index in [4.69, 9.17) is 4.43 Å². The highest BCUT2D eigenvalue weighted by molar-refractivity contribution is 6.73. The molecular weight excluding hydrogens is 248 g/mol. The maximum absolute atomic E-state index is 6.20. The van der Waals surface area contributed by atoms with Crippen molar-refractivity contribution in [2.75, 3.05) is 0 Å². The van der Waals surface area contributed by atoms with Crippen molar-refractivity contribution in [1.82, 2.24) is 0 Å². The molecule has 0 saturated heterocycles. The highest BCUT2D eigenvalue weighted by Gasteiger charge is 2.29. The average Bonchev–Trinajstić information content (AvgIpc) is 2.48. The Labute approximate surface area is 119 Å². The van der Waals surface area contributed by atoms with Crippen LogP contribution in [0.1, 0.15) is 39.7 Å². The van der Waals surface area contributed by atoms with Gasteiger partial charge in [0.25, 0.3) is 0 Å². The number of rotatable bonds is 8. The van der Waals surface area contributed by atoms with Crippen LogP contribution in [0.15, 0.2) is 42.2 Å². The van der Waals surface area contributed by atoms with E-state index in [1.54, 1.807) is 0 Å². The Balaban J connectivity index is 2.49. The molecule has 0 aliphatic heterocycles. The number of allylic oxidation sites excluding steroid dienone is 1. The van der Waals surface area contributed by atoms with Gasteiger partial charge in [0.05, 0.1) is 6.26 Å². The van der Waals surface area contributed by atoms with Crippen molar-refractivity contribution in [3.8, 4) is 0 Å². The van der Waals surface area contributed by atoms with E-state index in [1.807, 2.05) is 6.26 Å². The van der Waals surface area contributed by atoms with Crippen LogP contribution in [0.3, 0.4) is 0 Å². The molecule has 0 aromatic heterocycles. The highest BCUT2D eigenvalue weighted by Crippen LogP contribution is 2.22. The van der Waals surface area contributed by atoms with Gasteiger partial charge in [-0.3, -0.25) is 0 Å². The lowest BCUT2D eigenvalue weighted by Crippen LogP contribution is -2.33. The molecule has 0 N–H and O–H groups in total. The summed E-state index contributed by atoms with van der Waals surface area (Å²) >= 11 is 0. The van der Waals surface area contributed by atoms with E-state index >= 15 is 0 Å². The largest absolute Gasteiger partial charge is 0.549 e. The molecule has 0 spiro atoms. The van der Waals surface area contributed by atoms with Gasteiger partial charge < -0.3 is 4.43 Å². The Morgan fingerprint density at radius 1 is 1.05 bits per heavy atom. The van der Waals surface area contributed by atoms with Crippen LogP contribution in [0.4, 0.5) is 0 Å². The van der Waals surface area contributed by atoms with E-state index in [2.05, 4.69) is 58.0 Å². The third kappa shape index (κ3) is 5.23. The smallest absolute Gasteiger partial charge is 0.249 e. The summed E-state index contributed by atoms with van der Waals surface area (Å²) in [7, 11) is -1.46. The van der Waals surface area contributed by atoms with Gasteiger partial charge >= 0.3 is 0 Å². The van der Waals surface area contributed by atoms with Crippen molar-refractivity contribution in [1.29, 1.82) is 0 Å². The molecule has 0 bridgehead atoms. The average molecular weight is 276 g/mol. The summed E-state index contributed by atoms with van der Waals surface area (Å²) in [5.41, 5.74) is 2.76. The van der Waals surface area contributed by atoms with E-state index in [1.165, 1.54) is 29.3 Å². The van der Waals surface area contributed by atoms with Gasteiger partial charge in [-0.1, -0.05) is 51.1 Å². The topological polar surface area (TPSA) is 9.23 Å². The number of hydrogen-bond donors (Lipinski definition) is 0. The molecule has 19 heavy (non-hydrogen) atoms. The summed E-state index contributed by atoms with van der Waals surface area (Å²) in [5.74, 6) is 0. The molecule has 0 atom stereocenters. The Morgan fingerprint density at radius 2 is 1.63 bits per heavy atom. The normalized spacial score (nSPS) is 12.5. The molecule has 0 heterocycles. The van der Waals surface area contributed by atoms with Crippen LogP contribution in [-0.2, 0) is 10.8 Å². The van der Waals surface area contributed by atoms with Gasteiger partial charge in [-0.2, -0.15) is 0 Å². The summed E-state index contributed by atoms with van der Waals surface area (Å²) in [6.45, 7) is 8.99. The summed E-state index contributed by atoms with van der Waals surface area (Å²) in [5, 5.41) is 0. The maximum atomic E-state index is 6.20. The number of benzene rings is 1. The Bertz CT molecular complexity index is 371. The van der Waals surface area contributed by atoms with Gasteiger partial charge in [0.1, 0.15) is 0 Å². The molecule has 0 unspecified atom stereocenters. The lowest BCUT2D eigenvalue weighted by molar-refractivity contribution is 0.450. The van der Waals surface area contributed by atoms with Crippen LogP contribution in [0.2, 0.25) is 18.1 Å². The van der Waals surface area contributed by atoms with Crippen LogP contribution in [-0.4, -0.2) is 8.32 Å². The van der Waals surface area contributed by atoms with Crippen LogP contribution < -0.4 is 0 Å². The molecule has 1 nitrogen and oxygen atoms in total. The Kier molecular flexibility index (Phi) is 6.93. The molecule has 0 saturated carbocycles. The van der Waals surface area contributed by atoms with E-state index < -0.39 is 8.32 Å². The van der Waals surface area contributed by atoms with Crippen molar-refractivity contribution in [2.45, 2.75) is 58.7 Å². The fraction of sp³-hybridized carbons (Fsp3) is 0.529. The van der Waals surface area contributed by atoms with Gasteiger partial charge in [0.2, 0.25) is 8.32 Å². The minimum Gasteiger partial charge on any atom is -0.549 e. The third-order valence-corrected chi connectivity index (χ3v) is 8.58. The second kappa shape index (κ2) is 8.21. The molecule has 106 valence electrons. The number of aryl methyl sites for hydroxylation is 1. The van der Waals surface area contributed by atoms with Gasteiger partial charge in [-0.25, -0.2) is 0 Å². The van der Waals surface area contributed by atoms with E-state index in [9.17, 15) is 0 Å². The molecule has 1 aromatic rings. The second-order valence-corrected chi connectivity index (χ2v) is 10.0. The van der Waals surface area contributed by atoms with Crippen LogP contribution in [0, 0.1) is 0 Å². The molecule has 0 amide bonds. The van der Waals surface area contributed by atoms with Crippen molar-refractivity contribution in [2.24, 2.45) is 0 Å². The number of hydrogen-bond acceptors (Lipinski definition) is 1. The van der Waals surface area contributed by atoms with Gasteiger partial charge in [-0.05, 0) is 49.0 Å². The summed E-state index contributed by atoms with van der Waals surface area (Å²) in [6, 6.07) is 14.3. The monoisotopic (exact) mass is 276 g/mol. The van der Waals surface area contributed by atoms with Crippen LogP contribution in [0.25, 0.3) is 0 Å². The lowest BCUT2D eigenvalue weighted by Gasteiger charge is -2.27. The zero-order valence-corrected chi connectivity index (χ0v) is 13.9. The Morgan fingerprint density at radius 3 is 2.16 bits per heavy atom. The van der Waals surface area contributed by atoms with Gasteiger partial charge in [0, 0.05) is 0 Å². The van der Waals surface area contributed by atoms with Crippen molar-refractivity contribution < 1.29 is 4.43 Å². The van der Waals surface area contributed by atoms with Crippen molar-refractivity contribution >= 4 is 8.32 Å². The van der Waals surface area contributed by atoms with Gasteiger partial charge in [0.15, 0.2) is 0 Å². The molecule has 0 fully saturated rings. The zero-order valence-electron chi connectivity index (χ0n) is 12.9. The molecular formula is C17H28OSi. The van der Waals surface area contributed by atoms with E-state index in [-0.39, 0.29) is 0 Å². The molecule has 2 heteroatoms. The predicted octanol–water partition coefficient (Wildman–Crippen LogP) is 5.54. The predicted molar refractivity (Wildman–Crippen MR) is 86.8 cm³/mol. The first kappa shape index (κ1) is 16.0. The minimum atomic E-state index is -1.46. The van der Waals surface area contributed by atoms with Gasteiger partial charge in [-0.15, -0.1) is 0 Å². The third-order valence-electron chi connectivity index (χ3n) is 4.09. The molecule has 1 rings (SSSR count). The van der Waals surface area contributed by atoms with E-state index in [0.29, 0.717) is 0 Å². The quantitative estimate of drug-likeness (QED) is 0.447. The standard InChI is InChI=1S/C17H28OSi/c1-5-19(6-2,7-3)18-15-16(4)13-14-17-11-9-8-10-12-17/h8-12,15H,5-7,13-14H2,1-4H3/b16-15+. The van der Waals surface area contributed by atoms with Crippen molar-refractivity contribution in [3.05, 3.63) is 47.7 Å². The Hall–Kier alpha value is -1.02. The maximum Gasteiger partial charge on any atom is 0.249 e. The summed E-state index contributed by atoms with van der Waals surface area (Å²) in [4.78, 5) is 0. The molecule has 0 radical (unpaired) electrons. The van der Waals surface area contributed by atoms with Crippen LogP contribution in [0.5, 0.6) is 0 Å². The fourth-order valence-corrected chi connectivity index (χ4v) is 4.72. The zero-order chi connectivity index (χ0) is 14.1. The summed E-state index contributed by atoms with van der Waals surface area (Å²) < 4.78 is 6.20. The molecule has 0 aliphatic carbocycles. The SMILES string of the molecule is CC[Si](CC)(CC)O/C=C(\C)CCc1ccccc1. The highest BCUT2D eigenvalue weighted by atomic mass is 28.4. The fourth-order valence-electron chi connectivity index (χ4n) is 2.27. The first-order chi connectivity index (χ1) is 9.15. The molecule has 1 aromatic carbocycles. The summed E-state index contributed by atoms with van der Waals surface area (Å²) in [6.07, 6.45) is 4.24. The van der Waals surface area contributed by atoms with Crippen molar-refractivity contribution in [3.63, 3.8) is 0 Å². The first-order valence-electron chi connectivity index (χ1n) is 7.53.